The second-order valence-corrected chi connectivity index (χ2v) is 8.93. The molecular formula is C22H23FN4O4S. The summed E-state index contributed by atoms with van der Waals surface area (Å²) in [6, 6.07) is 5.80. The highest BCUT2D eigenvalue weighted by molar-refractivity contribution is 7.11. The number of amidine groups is 1. The number of thiazole rings is 1. The highest BCUT2D eigenvalue weighted by atomic mass is 32.1. The van der Waals surface area contributed by atoms with E-state index in [1.165, 1.54) is 30.6 Å². The Bertz CT molecular complexity index is 1090. The second-order valence-electron chi connectivity index (χ2n) is 8.04. The lowest BCUT2D eigenvalue weighted by atomic mass is 9.82. The minimum absolute atomic E-state index is 0.195. The maximum atomic E-state index is 13.6. The molecule has 1 saturated carbocycles. The first-order valence-corrected chi connectivity index (χ1v) is 11.0. The number of aliphatic imine (C=N–C) groups is 1. The van der Waals surface area contributed by atoms with Gasteiger partial charge in [-0.05, 0) is 37.5 Å². The number of carboxylic acid groups (broad SMARTS) is 1. The number of aliphatic carboxylic acids is 1. The number of nitrogens with one attached hydrogen (secondary N) is 2. The van der Waals surface area contributed by atoms with Crippen LogP contribution in [0.4, 0.5) is 4.39 Å². The number of ether oxygens (including phenoxy) is 1. The van der Waals surface area contributed by atoms with E-state index >= 15 is 0 Å². The second kappa shape index (κ2) is 8.44. The molecule has 168 valence electrons. The average molecular weight is 459 g/mol. The van der Waals surface area contributed by atoms with Crippen molar-refractivity contribution in [1.82, 2.24) is 15.6 Å². The molecule has 0 amide bonds. The van der Waals surface area contributed by atoms with E-state index in [0.29, 0.717) is 34.9 Å². The highest BCUT2D eigenvalue weighted by Crippen LogP contribution is 2.45. The Morgan fingerprint density at radius 3 is 2.59 bits per heavy atom. The summed E-state index contributed by atoms with van der Waals surface area (Å²) in [4.78, 5) is 33.5. The molecular weight excluding hydrogens is 435 g/mol. The lowest BCUT2D eigenvalue weighted by molar-refractivity contribution is -0.143. The number of hydrogen-bond acceptors (Lipinski definition) is 8. The number of carboxylic acids is 1. The number of esters is 1. The summed E-state index contributed by atoms with van der Waals surface area (Å²) in [5.41, 5.74) is -0.553. The van der Waals surface area contributed by atoms with Crippen molar-refractivity contribution in [3.8, 4) is 0 Å². The van der Waals surface area contributed by atoms with Crippen LogP contribution in [0.5, 0.6) is 0 Å². The topological polar surface area (TPSA) is 113 Å². The normalized spacial score (nSPS) is 21.5. The zero-order valence-corrected chi connectivity index (χ0v) is 18.5. The van der Waals surface area contributed by atoms with Crippen molar-refractivity contribution in [2.24, 2.45) is 10.4 Å². The van der Waals surface area contributed by atoms with Crippen LogP contribution in [0, 0.1) is 11.2 Å². The first-order chi connectivity index (χ1) is 15.3. The summed E-state index contributed by atoms with van der Waals surface area (Å²) in [7, 11) is 1.29. The van der Waals surface area contributed by atoms with Gasteiger partial charge >= 0.3 is 11.9 Å². The molecule has 1 aliphatic heterocycles. The fourth-order valence-corrected chi connectivity index (χ4v) is 4.41. The summed E-state index contributed by atoms with van der Waals surface area (Å²) in [5, 5.41) is 18.2. The third kappa shape index (κ3) is 4.03. The Morgan fingerprint density at radius 1 is 1.31 bits per heavy atom. The predicted octanol–water partition coefficient (Wildman–Crippen LogP) is 2.43. The molecule has 0 spiro atoms. The van der Waals surface area contributed by atoms with E-state index in [1.54, 1.807) is 25.3 Å². The van der Waals surface area contributed by atoms with E-state index in [4.69, 9.17) is 9.73 Å². The molecule has 4 rings (SSSR count). The smallest absolute Gasteiger partial charge is 0.338 e. The molecule has 3 N–H and O–H groups in total. The zero-order valence-electron chi connectivity index (χ0n) is 17.6. The van der Waals surface area contributed by atoms with Crippen molar-refractivity contribution < 1.29 is 23.8 Å². The minimum Gasteiger partial charge on any atom is -0.481 e. The van der Waals surface area contributed by atoms with Gasteiger partial charge in [-0.1, -0.05) is 12.1 Å². The summed E-state index contributed by atoms with van der Waals surface area (Å²) in [6.07, 6.45) is 2.89. The van der Waals surface area contributed by atoms with Gasteiger partial charge in [0.25, 0.3) is 0 Å². The van der Waals surface area contributed by atoms with Gasteiger partial charge < -0.3 is 20.5 Å². The summed E-state index contributed by atoms with van der Waals surface area (Å²) in [6.45, 7) is 2.24. The minimum atomic E-state index is -1.17. The van der Waals surface area contributed by atoms with E-state index < -0.39 is 28.7 Å². The third-order valence-electron chi connectivity index (χ3n) is 5.90. The summed E-state index contributed by atoms with van der Waals surface area (Å²) in [5.74, 6) is -1.34. The molecule has 1 atom stereocenters. The van der Waals surface area contributed by atoms with Crippen LogP contribution >= 0.6 is 11.3 Å². The number of benzene rings is 1. The molecule has 32 heavy (non-hydrogen) atoms. The van der Waals surface area contributed by atoms with Crippen LogP contribution in [0.1, 0.15) is 30.3 Å². The molecule has 0 radical (unpaired) electrons. The molecule has 2 heterocycles. The summed E-state index contributed by atoms with van der Waals surface area (Å²) < 4.78 is 18.7. The van der Waals surface area contributed by atoms with E-state index in [0.717, 1.165) is 0 Å². The Kier molecular flexibility index (Phi) is 5.83. The summed E-state index contributed by atoms with van der Waals surface area (Å²) >= 11 is 1.39. The van der Waals surface area contributed by atoms with Crippen molar-refractivity contribution in [1.29, 1.82) is 0 Å². The largest absolute Gasteiger partial charge is 0.481 e. The number of carbonyl (C=O) groups is 2. The van der Waals surface area contributed by atoms with Crippen molar-refractivity contribution >= 4 is 29.1 Å². The lowest BCUT2D eigenvalue weighted by Gasteiger charge is -2.35. The predicted molar refractivity (Wildman–Crippen MR) is 117 cm³/mol. The first kappa shape index (κ1) is 22.1. The van der Waals surface area contributed by atoms with Gasteiger partial charge in [0.1, 0.15) is 11.4 Å². The number of halogens is 1. The number of nitrogens with zero attached hydrogens (tertiary/aromatic N) is 2. The van der Waals surface area contributed by atoms with Gasteiger partial charge in [-0.3, -0.25) is 4.79 Å². The van der Waals surface area contributed by atoms with Gasteiger partial charge in [-0.2, -0.15) is 0 Å². The number of aromatic nitrogens is 1. The molecule has 0 bridgehead atoms. The molecule has 1 fully saturated rings. The van der Waals surface area contributed by atoms with Crippen LogP contribution in [0.3, 0.4) is 0 Å². The van der Waals surface area contributed by atoms with E-state index in [-0.39, 0.29) is 18.7 Å². The van der Waals surface area contributed by atoms with Gasteiger partial charge in [-0.15, -0.1) is 11.3 Å². The number of carbonyl (C=O) groups excluding carboxylic acids is 1. The van der Waals surface area contributed by atoms with Gasteiger partial charge in [0.05, 0.1) is 18.1 Å². The number of rotatable bonds is 8. The Morgan fingerprint density at radius 2 is 2.03 bits per heavy atom. The maximum absolute atomic E-state index is 13.6. The average Bonchev–Trinajstić information content (AvgIpc) is 3.36. The van der Waals surface area contributed by atoms with Crippen LogP contribution in [0.2, 0.25) is 0 Å². The third-order valence-corrected chi connectivity index (χ3v) is 6.68. The van der Waals surface area contributed by atoms with E-state index in [2.05, 4.69) is 15.6 Å². The standard InChI is InChI=1S/C22H23FN4O4S/c1-21(13-3-5-14(23)6-4-13)16(19(28)31-2)15(11-24-12-22(7-8-22)20(29)30)26-17(27-21)18-25-9-10-32-18/h3-6,9-10,24H,7-8,11-12H2,1-2H3,(H,26,27)(H,29,30). The Balaban J connectivity index is 1.75. The fraction of sp³-hybridized carbons (Fsp3) is 0.364. The monoisotopic (exact) mass is 458 g/mol. The molecule has 1 aromatic carbocycles. The van der Waals surface area contributed by atoms with Crippen molar-refractivity contribution in [3.05, 3.63) is 63.5 Å². The first-order valence-electron chi connectivity index (χ1n) is 10.1. The molecule has 8 nitrogen and oxygen atoms in total. The molecule has 1 unspecified atom stereocenters. The molecule has 2 aromatic rings. The molecule has 0 saturated heterocycles. The van der Waals surface area contributed by atoms with Crippen LogP contribution < -0.4 is 10.6 Å². The van der Waals surface area contributed by atoms with E-state index in [9.17, 15) is 19.1 Å². The maximum Gasteiger partial charge on any atom is 0.338 e. The quantitative estimate of drug-likeness (QED) is 0.521. The van der Waals surface area contributed by atoms with Crippen molar-refractivity contribution in [2.45, 2.75) is 25.3 Å². The molecule has 10 heteroatoms. The number of methoxy groups -OCH3 is 1. The van der Waals surface area contributed by atoms with Crippen LogP contribution in [-0.2, 0) is 19.9 Å². The lowest BCUT2D eigenvalue weighted by Crippen LogP contribution is -2.45. The number of hydrogen-bond donors (Lipinski definition) is 3. The van der Waals surface area contributed by atoms with Gasteiger partial charge in [0, 0.05) is 30.4 Å². The zero-order chi connectivity index (χ0) is 22.9. The van der Waals surface area contributed by atoms with Gasteiger partial charge in [0.15, 0.2) is 10.8 Å². The Hall–Kier alpha value is -3.11. The Labute approximate surface area is 188 Å². The molecule has 2 aliphatic rings. The SMILES string of the molecule is COC(=O)C1=C(CNCC2(C(=O)O)CC2)NC(c2nccs2)=NC1(C)c1ccc(F)cc1. The van der Waals surface area contributed by atoms with Crippen LogP contribution in [-0.4, -0.2) is 48.1 Å². The van der Waals surface area contributed by atoms with Gasteiger partial charge in [0.2, 0.25) is 0 Å². The highest BCUT2D eigenvalue weighted by Gasteiger charge is 2.50. The van der Waals surface area contributed by atoms with Crippen molar-refractivity contribution in [3.63, 3.8) is 0 Å². The van der Waals surface area contributed by atoms with Crippen LogP contribution in [0.25, 0.3) is 0 Å². The van der Waals surface area contributed by atoms with Crippen LogP contribution in [0.15, 0.2) is 52.1 Å². The molecule has 1 aromatic heterocycles. The van der Waals surface area contributed by atoms with Crippen molar-refractivity contribution in [2.75, 3.05) is 20.2 Å². The molecule has 1 aliphatic carbocycles. The van der Waals surface area contributed by atoms with E-state index in [1.807, 2.05) is 5.38 Å². The van der Waals surface area contributed by atoms with Gasteiger partial charge in [-0.25, -0.2) is 19.2 Å². The fourth-order valence-electron chi connectivity index (χ4n) is 3.83.